The molecule has 4 nitrogen and oxygen atoms in total. The zero-order chi connectivity index (χ0) is 17.2. The van der Waals surface area contributed by atoms with Gasteiger partial charge in [0.05, 0.1) is 6.54 Å². The van der Waals surface area contributed by atoms with Crippen molar-refractivity contribution in [2.45, 2.75) is 19.5 Å². The van der Waals surface area contributed by atoms with Crippen molar-refractivity contribution in [3.8, 4) is 0 Å². The third-order valence-electron chi connectivity index (χ3n) is 4.78. The molecule has 0 spiro atoms. The van der Waals surface area contributed by atoms with Crippen molar-refractivity contribution in [3.05, 3.63) is 71.0 Å². The summed E-state index contributed by atoms with van der Waals surface area (Å²) in [6, 6.07) is 12.7. The van der Waals surface area contributed by atoms with Crippen molar-refractivity contribution in [1.82, 2.24) is 10.2 Å². The number of anilines is 1. The van der Waals surface area contributed by atoms with E-state index in [1.54, 1.807) is 11.0 Å². The molecule has 25 heavy (non-hydrogen) atoms. The van der Waals surface area contributed by atoms with E-state index in [4.69, 9.17) is 0 Å². The quantitative estimate of drug-likeness (QED) is 0.876. The van der Waals surface area contributed by atoms with Crippen LogP contribution < -0.4 is 10.6 Å². The summed E-state index contributed by atoms with van der Waals surface area (Å²) >= 11 is 0. The summed E-state index contributed by atoms with van der Waals surface area (Å²) in [7, 11) is 0. The smallest absolute Gasteiger partial charge is 0.316 e. The van der Waals surface area contributed by atoms with Gasteiger partial charge in [-0.2, -0.15) is 0 Å². The Kier molecular flexibility index (Phi) is 4.24. The van der Waals surface area contributed by atoms with E-state index in [9.17, 15) is 9.18 Å². The molecule has 4 rings (SSSR count). The van der Waals surface area contributed by atoms with Crippen LogP contribution in [0.1, 0.15) is 23.1 Å². The van der Waals surface area contributed by atoms with Crippen molar-refractivity contribution in [1.29, 1.82) is 0 Å². The molecule has 0 unspecified atom stereocenters. The van der Waals surface area contributed by atoms with E-state index in [-0.39, 0.29) is 11.8 Å². The standard InChI is InChI=1S/C20H20FN3O/c21-19-3-1-2-16-12-24(13-18(16)19)20(25)23-17-6-4-14(5-7-17)15-8-10-22-11-9-15/h1-8,22H,9-13H2,(H,23,25). The van der Waals surface area contributed by atoms with Gasteiger partial charge in [-0.25, -0.2) is 9.18 Å². The lowest BCUT2D eigenvalue weighted by Gasteiger charge is -2.17. The van der Waals surface area contributed by atoms with Gasteiger partial charge in [0.15, 0.2) is 0 Å². The first kappa shape index (κ1) is 15.8. The summed E-state index contributed by atoms with van der Waals surface area (Å²) in [4.78, 5) is 14.1. The molecule has 2 aliphatic heterocycles. The molecule has 2 aromatic rings. The molecule has 0 atom stereocenters. The van der Waals surface area contributed by atoms with Crippen LogP contribution in [0.3, 0.4) is 0 Å². The molecule has 0 radical (unpaired) electrons. The maximum Gasteiger partial charge on any atom is 0.322 e. The zero-order valence-corrected chi connectivity index (χ0v) is 13.9. The second kappa shape index (κ2) is 6.69. The van der Waals surface area contributed by atoms with Crippen LogP contribution in [0, 0.1) is 5.82 Å². The molecule has 128 valence electrons. The topological polar surface area (TPSA) is 44.4 Å². The summed E-state index contributed by atoms with van der Waals surface area (Å²) in [6.07, 6.45) is 3.22. The number of carbonyl (C=O) groups excluding carboxylic acids is 1. The molecule has 2 heterocycles. The van der Waals surface area contributed by atoms with Crippen molar-refractivity contribution < 1.29 is 9.18 Å². The molecule has 0 saturated heterocycles. The van der Waals surface area contributed by atoms with Crippen LogP contribution >= 0.6 is 0 Å². The fraction of sp³-hybridized carbons (Fsp3) is 0.250. The summed E-state index contributed by atoms with van der Waals surface area (Å²) in [5.41, 5.74) is 4.77. The number of rotatable bonds is 2. The Balaban J connectivity index is 1.42. The van der Waals surface area contributed by atoms with Crippen LogP contribution in [0.25, 0.3) is 5.57 Å². The molecular weight excluding hydrogens is 317 g/mol. The van der Waals surface area contributed by atoms with Gasteiger partial charge in [-0.05, 0) is 47.9 Å². The van der Waals surface area contributed by atoms with Crippen LogP contribution in [0.2, 0.25) is 0 Å². The second-order valence-corrected chi connectivity index (χ2v) is 6.42. The van der Waals surface area contributed by atoms with Crippen LogP contribution in [-0.4, -0.2) is 24.0 Å². The number of halogens is 1. The summed E-state index contributed by atoms with van der Waals surface area (Å²) in [6.45, 7) is 2.65. The molecule has 0 aromatic heterocycles. The Morgan fingerprint density at radius 2 is 1.96 bits per heavy atom. The normalized spacial score (nSPS) is 16.4. The highest BCUT2D eigenvalue weighted by Crippen LogP contribution is 2.26. The minimum atomic E-state index is -0.243. The molecule has 2 aliphatic rings. The second-order valence-electron chi connectivity index (χ2n) is 6.42. The third kappa shape index (κ3) is 3.28. The first-order chi connectivity index (χ1) is 12.2. The SMILES string of the molecule is O=C(Nc1ccc(C2=CCNCC2)cc1)N1Cc2cccc(F)c2C1. The first-order valence-electron chi connectivity index (χ1n) is 8.53. The number of carbonyl (C=O) groups is 1. The van der Waals surface area contributed by atoms with Gasteiger partial charge < -0.3 is 15.5 Å². The van der Waals surface area contributed by atoms with E-state index in [0.29, 0.717) is 18.7 Å². The highest BCUT2D eigenvalue weighted by molar-refractivity contribution is 5.90. The molecular formula is C20H20FN3O. The average Bonchev–Trinajstić information content (AvgIpc) is 3.09. The van der Waals surface area contributed by atoms with Gasteiger partial charge >= 0.3 is 6.03 Å². The Labute approximate surface area is 146 Å². The number of hydrogen-bond acceptors (Lipinski definition) is 2. The Bertz CT molecular complexity index is 829. The largest absolute Gasteiger partial charge is 0.322 e. The minimum Gasteiger partial charge on any atom is -0.316 e. The van der Waals surface area contributed by atoms with Gasteiger partial charge in [-0.1, -0.05) is 30.3 Å². The van der Waals surface area contributed by atoms with Gasteiger partial charge in [0.2, 0.25) is 0 Å². The van der Waals surface area contributed by atoms with E-state index in [0.717, 1.165) is 30.8 Å². The van der Waals surface area contributed by atoms with Crippen LogP contribution in [-0.2, 0) is 13.1 Å². The lowest BCUT2D eigenvalue weighted by molar-refractivity contribution is 0.212. The highest BCUT2D eigenvalue weighted by Gasteiger charge is 2.25. The summed E-state index contributed by atoms with van der Waals surface area (Å²) < 4.78 is 13.8. The van der Waals surface area contributed by atoms with E-state index in [2.05, 4.69) is 16.7 Å². The molecule has 0 aliphatic carbocycles. The predicted octanol–water partition coefficient (Wildman–Crippen LogP) is 3.75. The molecule has 5 heteroatoms. The molecule has 0 fully saturated rings. The Hall–Kier alpha value is -2.66. The van der Waals surface area contributed by atoms with Gasteiger partial charge in [-0.15, -0.1) is 0 Å². The number of amides is 2. The van der Waals surface area contributed by atoms with Gasteiger partial charge in [-0.3, -0.25) is 0 Å². The number of fused-ring (bicyclic) bond motifs is 1. The number of benzene rings is 2. The number of nitrogens with one attached hydrogen (secondary N) is 2. The molecule has 2 aromatic carbocycles. The molecule has 2 amide bonds. The summed E-state index contributed by atoms with van der Waals surface area (Å²) in [5, 5.41) is 6.20. The van der Waals surface area contributed by atoms with E-state index in [1.165, 1.54) is 17.2 Å². The lowest BCUT2D eigenvalue weighted by Crippen LogP contribution is -2.30. The van der Waals surface area contributed by atoms with E-state index >= 15 is 0 Å². The average molecular weight is 337 g/mol. The zero-order valence-electron chi connectivity index (χ0n) is 13.9. The van der Waals surface area contributed by atoms with Crippen LogP contribution in [0.4, 0.5) is 14.9 Å². The monoisotopic (exact) mass is 337 g/mol. The third-order valence-corrected chi connectivity index (χ3v) is 4.78. The van der Waals surface area contributed by atoms with Crippen LogP contribution in [0.5, 0.6) is 0 Å². The van der Waals surface area contributed by atoms with Crippen molar-refractivity contribution >= 4 is 17.3 Å². The Morgan fingerprint density at radius 3 is 2.68 bits per heavy atom. The highest BCUT2D eigenvalue weighted by atomic mass is 19.1. The minimum absolute atomic E-state index is 0.204. The van der Waals surface area contributed by atoms with Crippen molar-refractivity contribution in [2.75, 3.05) is 18.4 Å². The summed E-state index contributed by atoms with van der Waals surface area (Å²) in [5.74, 6) is -0.243. The van der Waals surface area contributed by atoms with E-state index < -0.39 is 0 Å². The predicted molar refractivity (Wildman–Crippen MR) is 96.6 cm³/mol. The van der Waals surface area contributed by atoms with Crippen LogP contribution in [0.15, 0.2) is 48.5 Å². The van der Waals surface area contributed by atoms with Gasteiger partial charge in [0.25, 0.3) is 0 Å². The molecule has 0 saturated carbocycles. The van der Waals surface area contributed by atoms with E-state index in [1.807, 2.05) is 30.3 Å². The van der Waals surface area contributed by atoms with Gasteiger partial charge in [0.1, 0.15) is 5.82 Å². The molecule has 0 bridgehead atoms. The fourth-order valence-electron chi connectivity index (χ4n) is 3.38. The maximum absolute atomic E-state index is 13.8. The fourth-order valence-corrected chi connectivity index (χ4v) is 3.38. The lowest BCUT2D eigenvalue weighted by atomic mass is 10.0. The number of urea groups is 1. The Morgan fingerprint density at radius 1 is 1.12 bits per heavy atom. The number of hydrogen-bond donors (Lipinski definition) is 2. The van der Waals surface area contributed by atoms with Crippen molar-refractivity contribution in [3.63, 3.8) is 0 Å². The molecule has 2 N–H and O–H groups in total. The van der Waals surface area contributed by atoms with Gasteiger partial charge in [0, 0.05) is 24.3 Å². The number of nitrogens with zero attached hydrogens (tertiary/aromatic N) is 1. The first-order valence-corrected chi connectivity index (χ1v) is 8.53. The maximum atomic E-state index is 13.8. The van der Waals surface area contributed by atoms with Crippen molar-refractivity contribution in [2.24, 2.45) is 0 Å².